The molecule has 5 rings (SSSR count). The van der Waals surface area contributed by atoms with E-state index in [1.54, 1.807) is 24.4 Å². The first-order chi connectivity index (χ1) is 16.8. The number of likely N-dealkylation sites (N-methyl/N-ethyl adjacent to an activating group) is 1. The average molecular weight is 493 g/mol. The Morgan fingerprint density at radius 2 is 1.83 bits per heavy atom. The van der Waals surface area contributed by atoms with Gasteiger partial charge >= 0.3 is 0 Å². The van der Waals surface area contributed by atoms with Crippen LogP contribution in [-0.4, -0.2) is 67.6 Å². The third-order valence-corrected chi connectivity index (χ3v) is 7.95. The summed E-state index contributed by atoms with van der Waals surface area (Å²) in [7, 11) is -0.217. The van der Waals surface area contributed by atoms with Gasteiger partial charge in [0, 0.05) is 61.4 Å². The van der Waals surface area contributed by atoms with E-state index >= 15 is 0 Å². The fourth-order valence-corrected chi connectivity index (χ4v) is 5.63. The second-order valence-electron chi connectivity index (χ2n) is 8.68. The van der Waals surface area contributed by atoms with Crippen LogP contribution < -0.4 is 15.0 Å². The van der Waals surface area contributed by atoms with Gasteiger partial charge in [0.2, 0.25) is 5.95 Å². The van der Waals surface area contributed by atoms with Gasteiger partial charge < -0.3 is 19.9 Å². The fraction of sp³-hybridized carbons (Fsp3) is 0.280. The molecule has 182 valence electrons. The predicted octanol–water partition coefficient (Wildman–Crippen LogP) is 3.48. The van der Waals surface area contributed by atoms with E-state index in [0.717, 1.165) is 37.4 Å². The Kier molecular flexibility index (Phi) is 6.08. The number of ether oxygens (including phenoxy) is 1. The first-order valence-electron chi connectivity index (χ1n) is 11.4. The highest BCUT2D eigenvalue weighted by Gasteiger charge is 2.21. The smallest absolute Gasteiger partial charge is 0.269 e. The van der Waals surface area contributed by atoms with E-state index in [0.29, 0.717) is 22.7 Å². The molecule has 4 aromatic rings. The maximum Gasteiger partial charge on any atom is 0.269 e. The van der Waals surface area contributed by atoms with Crippen LogP contribution in [0.4, 0.5) is 17.3 Å². The van der Waals surface area contributed by atoms with Crippen molar-refractivity contribution >= 4 is 38.4 Å². The molecule has 0 amide bonds. The maximum absolute atomic E-state index is 13.3. The lowest BCUT2D eigenvalue weighted by Gasteiger charge is -2.35. The minimum atomic E-state index is -3.86. The van der Waals surface area contributed by atoms with Crippen molar-refractivity contribution in [1.82, 2.24) is 18.8 Å². The van der Waals surface area contributed by atoms with Crippen LogP contribution in [0.3, 0.4) is 0 Å². The normalized spacial score (nSPS) is 14.9. The van der Waals surface area contributed by atoms with Gasteiger partial charge in [-0.25, -0.2) is 17.4 Å². The molecule has 1 aliphatic rings. The van der Waals surface area contributed by atoms with E-state index < -0.39 is 10.0 Å². The quantitative estimate of drug-likeness (QED) is 0.437. The first-order valence-corrected chi connectivity index (χ1v) is 12.8. The summed E-state index contributed by atoms with van der Waals surface area (Å²) in [5.74, 6) is 0.792. The molecule has 1 saturated heterocycles. The minimum Gasteiger partial charge on any atom is -0.497 e. The molecule has 3 heterocycles. The largest absolute Gasteiger partial charge is 0.497 e. The molecule has 1 aliphatic heterocycles. The van der Waals surface area contributed by atoms with E-state index in [4.69, 9.17) is 4.74 Å². The minimum absolute atomic E-state index is 0.123. The summed E-state index contributed by atoms with van der Waals surface area (Å²) in [6.45, 7) is 6.19. The monoisotopic (exact) mass is 492 g/mol. The lowest BCUT2D eigenvalue weighted by atomic mass is 10.1. The number of benzene rings is 2. The summed E-state index contributed by atoms with van der Waals surface area (Å²) < 4.78 is 33.0. The lowest BCUT2D eigenvalue weighted by Crippen LogP contribution is -2.44. The zero-order valence-electron chi connectivity index (χ0n) is 20.0. The maximum atomic E-state index is 13.3. The number of fused-ring (bicyclic) bond motifs is 1. The summed E-state index contributed by atoms with van der Waals surface area (Å²) in [5.41, 5.74) is 3.52. The molecule has 9 nitrogen and oxygen atoms in total. The van der Waals surface area contributed by atoms with Crippen molar-refractivity contribution < 1.29 is 13.2 Å². The molecule has 1 fully saturated rings. The number of piperazine rings is 1. The predicted molar refractivity (Wildman–Crippen MR) is 137 cm³/mol. The van der Waals surface area contributed by atoms with Crippen molar-refractivity contribution in [2.45, 2.75) is 11.8 Å². The summed E-state index contributed by atoms with van der Waals surface area (Å²) in [5, 5.41) is 3.85. The van der Waals surface area contributed by atoms with Crippen LogP contribution in [-0.2, 0) is 10.0 Å². The summed E-state index contributed by atoms with van der Waals surface area (Å²) in [6.07, 6.45) is 3.11. The molecule has 2 aromatic carbocycles. The van der Waals surface area contributed by atoms with Crippen molar-refractivity contribution in [3.8, 4) is 5.75 Å². The number of methoxy groups -OCH3 is 1. The van der Waals surface area contributed by atoms with Crippen molar-refractivity contribution in [3.63, 3.8) is 0 Å². The number of aryl methyl sites for hydroxylation is 1. The second kappa shape index (κ2) is 9.20. The summed E-state index contributed by atoms with van der Waals surface area (Å²) in [6, 6.07) is 14.2. The van der Waals surface area contributed by atoms with Crippen LogP contribution in [0, 0.1) is 6.92 Å². The number of rotatable bonds is 6. The molecule has 0 bridgehead atoms. The fourth-order valence-electron chi connectivity index (χ4n) is 4.29. The van der Waals surface area contributed by atoms with Crippen LogP contribution in [0.5, 0.6) is 5.75 Å². The summed E-state index contributed by atoms with van der Waals surface area (Å²) >= 11 is 0. The zero-order chi connectivity index (χ0) is 24.6. The van der Waals surface area contributed by atoms with Crippen LogP contribution in [0.1, 0.15) is 5.56 Å². The third-order valence-electron chi connectivity index (χ3n) is 6.29. The highest BCUT2D eigenvalue weighted by molar-refractivity contribution is 7.90. The molecule has 0 radical (unpaired) electrons. The first kappa shape index (κ1) is 23.1. The number of hydrogen-bond acceptors (Lipinski definition) is 8. The van der Waals surface area contributed by atoms with Gasteiger partial charge in [-0.1, -0.05) is 6.07 Å². The highest BCUT2D eigenvalue weighted by Crippen LogP contribution is 2.27. The molecule has 0 aliphatic carbocycles. The molecule has 10 heteroatoms. The van der Waals surface area contributed by atoms with Crippen LogP contribution >= 0.6 is 0 Å². The van der Waals surface area contributed by atoms with Crippen molar-refractivity contribution in [2.24, 2.45) is 0 Å². The highest BCUT2D eigenvalue weighted by atomic mass is 32.2. The van der Waals surface area contributed by atoms with E-state index in [9.17, 15) is 8.42 Å². The molecule has 0 atom stereocenters. The Morgan fingerprint density at radius 3 is 2.57 bits per heavy atom. The third kappa shape index (κ3) is 4.54. The molecular weight excluding hydrogens is 464 g/mol. The number of aromatic nitrogens is 3. The molecule has 0 saturated carbocycles. The molecule has 1 N–H and O–H groups in total. The molecular formula is C25H28N6O3S. The molecule has 35 heavy (non-hydrogen) atoms. The van der Waals surface area contributed by atoms with Crippen molar-refractivity contribution in [2.75, 3.05) is 50.6 Å². The van der Waals surface area contributed by atoms with Gasteiger partial charge in [0.1, 0.15) is 5.75 Å². The molecule has 2 aromatic heterocycles. The number of nitrogens with zero attached hydrogens (tertiary/aromatic N) is 5. The Labute approximate surface area is 205 Å². The van der Waals surface area contributed by atoms with E-state index in [1.807, 2.05) is 6.07 Å². The number of nitrogens with one attached hydrogen (secondary N) is 1. The van der Waals surface area contributed by atoms with Gasteiger partial charge in [-0.05, 0) is 55.9 Å². The summed E-state index contributed by atoms with van der Waals surface area (Å²) in [4.78, 5) is 13.8. The lowest BCUT2D eigenvalue weighted by molar-refractivity contribution is 0.312. The standard InChI is InChI=1S/C25H28N6O3S/c1-18-15-20(7-8-23(18)30-13-11-29(2)12-14-30)27-25-26-17-19-9-10-31(24(19)28-25)35(32,33)22-6-4-5-21(16-22)34-3/h4-10,15-17H,11-14H2,1-3H3,(H,26,27,28). The van der Waals surface area contributed by atoms with E-state index in [2.05, 4.69) is 51.2 Å². The SMILES string of the molecule is COc1cccc(S(=O)(=O)n2ccc3cnc(Nc4ccc(N5CCN(C)CC5)c(C)c4)nc32)c1. The number of anilines is 3. The van der Waals surface area contributed by atoms with Crippen LogP contribution in [0.2, 0.25) is 0 Å². The van der Waals surface area contributed by atoms with Crippen LogP contribution in [0.15, 0.2) is 65.8 Å². The van der Waals surface area contributed by atoms with Gasteiger partial charge in [-0.3, -0.25) is 0 Å². The Bertz CT molecular complexity index is 1480. The Balaban J connectivity index is 1.42. The van der Waals surface area contributed by atoms with Gasteiger partial charge in [0.05, 0.1) is 12.0 Å². The van der Waals surface area contributed by atoms with E-state index in [-0.39, 0.29) is 4.90 Å². The van der Waals surface area contributed by atoms with Crippen LogP contribution in [0.25, 0.3) is 11.0 Å². The van der Waals surface area contributed by atoms with Crippen molar-refractivity contribution in [3.05, 3.63) is 66.5 Å². The second-order valence-corrected chi connectivity index (χ2v) is 10.5. The average Bonchev–Trinajstić information content (AvgIpc) is 3.29. The van der Waals surface area contributed by atoms with Gasteiger partial charge in [0.15, 0.2) is 5.65 Å². The Hall–Kier alpha value is -3.63. The topological polar surface area (TPSA) is 92.6 Å². The number of hydrogen-bond donors (Lipinski definition) is 1. The van der Waals surface area contributed by atoms with E-state index in [1.165, 1.54) is 35.1 Å². The van der Waals surface area contributed by atoms with Crippen molar-refractivity contribution in [1.29, 1.82) is 0 Å². The zero-order valence-corrected chi connectivity index (χ0v) is 20.8. The van der Waals surface area contributed by atoms with Gasteiger partial charge in [-0.15, -0.1) is 0 Å². The molecule has 0 spiro atoms. The molecule has 0 unspecified atom stereocenters. The Morgan fingerprint density at radius 1 is 1.03 bits per heavy atom. The van der Waals surface area contributed by atoms with Gasteiger partial charge in [0.25, 0.3) is 10.0 Å². The van der Waals surface area contributed by atoms with Gasteiger partial charge in [-0.2, -0.15) is 4.98 Å².